The van der Waals surface area contributed by atoms with Crippen molar-refractivity contribution in [1.82, 2.24) is 4.98 Å². The molecule has 0 saturated heterocycles. The van der Waals surface area contributed by atoms with Gasteiger partial charge >= 0.3 is 5.97 Å². The van der Waals surface area contributed by atoms with Gasteiger partial charge in [0.15, 0.2) is 0 Å². The molecule has 0 saturated carbocycles. The van der Waals surface area contributed by atoms with Crippen LogP contribution in [0.25, 0.3) is 22.4 Å². The summed E-state index contributed by atoms with van der Waals surface area (Å²) in [6.07, 6.45) is 0. The molecule has 0 radical (unpaired) electrons. The summed E-state index contributed by atoms with van der Waals surface area (Å²) in [5, 5.41) is 28.3. The molecule has 3 aromatic rings. The molecule has 1 heterocycles. The highest BCUT2D eigenvalue weighted by molar-refractivity contribution is 5.93. The Hall–Kier alpha value is -3.92. The maximum atomic E-state index is 13.1. The number of rotatable bonds is 3. The largest absolute Gasteiger partial charge is 0.507 e. The molecule has 0 bridgehead atoms. The maximum absolute atomic E-state index is 13.1. The third kappa shape index (κ3) is 3.03. The van der Waals surface area contributed by atoms with Crippen LogP contribution in [-0.2, 0) is 0 Å². The van der Waals surface area contributed by atoms with E-state index < -0.39 is 11.8 Å². The fourth-order valence-electron chi connectivity index (χ4n) is 2.55. The monoisotopic (exact) mass is 349 g/mol. The number of benzene rings is 2. The molecule has 0 aliphatic rings. The Kier molecular flexibility index (Phi) is 4.25. The normalized spacial score (nSPS) is 10.3. The number of hydrogen-bond acceptors (Lipinski definition) is 5. The van der Waals surface area contributed by atoms with E-state index in [1.807, 2.05) is 6.07 Å². The molecule has 26 heavy (non-hydrogen) atoms. The fourth-order valence-corrected chi connectivity index (χ4v) is 2.55. The first kappa shape index (κ1) is 16.9. The number of pyridine rings is 1. The van der Waals surface area contributed by atoms with Gasteiger partial charge < -0.3 is 15.9 Å². The van der Waals surface area contributed by atoms with Gasteiger partial charge in [-0.05, 0) is 48.0 Å². The predicted octanol–water partition coefficient (Wildman–Crippen LogP) is 3.41. The number of halogens is 1. The number of nitrogens with zero attached hydrogens (tertiary/aromatic N) is 2. The summed E-state index contributed by atoms with van der Waals surface area (Å²) in [4.78, 5) is 15.4. The summed E-state index contributed by atoms with van der Waals surface area (Å²) in [7, 11) is 0. The lowest BCUT2D eigenvalue weighted by atomic mass is 9.96. The maximum Gasteiger partial charge on any atom is 0.339 e. The van der Waals surface area contributed by atoms with Crippen molar-refractivity contribution in [2.24, 2.45) is 0 Å². The Bertz CT molecular complexity index is 1060. The van der Waals surface area contributed by atoms with E-state index in [1.165, 1.54) is 42.5 Å². The minimum absolute atomic E-state index is 0.0331. The summed E-state index contributed by atoms with van der Waals surface area (Å²) in [6, 6.07) is 13.1. The van der Waals surface area contributed by atoms with Crippen LogP contribution in [0.4, 0.5) is 10.2 Å². The predicted molar refractivity (Wildman–Crippen MR) is 92.8 cm³/mol. The second kappa shape index (κ2) is 6.53. The second-order valence-electron chi connectivity index (χ2n) is 5.47. The summed E-state index contributed by atoms with van der Waals surface area (Å²) in [6.45, 7) is 0. The van der Waals surface area contributed by atoms with E-state index in [0.717, 1.165) is 0 Å². The molecule has 0 aliphatic carbocycles. The fraction of sp³-hybridized carbons (Fsp3) is 0. The number of nitriles is 1. The molecule has 0 amide bonds. The molecule has 4 N–H and O–H groups in total. The SMILES string of the molecule is N#Cc1c(-c2ccc(O)c(C(=O)O)c2)cc(-c2ccc(F)cc2)nc1N. The van der Waals surface area contributed by atoms with Gasteiger partial charge in [-0.15, -0.1) is 0 Å². The van der Waals surface area contributed by atoms with Gasteiger partial charge in [0.25, 0.3) is 0 Å². The topological polar surface area (TPSA) is 120 Å². The first-order valence-corrected chi connectivity index (χ1v) is 7.44. The van der Waals surface area contributed by atoms with E-state index in [2.05, 4.69) is 4.98 Å². The van der Waals surface area contributed by atoms with Crippen LogP contribution < -0.4 is 5.73 Å². The average molecular weight is 349 g/mol. The molecular weight excluding hydrogens is 337 g/mol. The molecule has 0 aliphatic heterocycles. The number of aromatic carboxylic acids is 1. The van der Waals surface area contributed by atoms with Crippen LogP contribution in [-0.4, -0.2) is 21.2 Å². The van der Waals surface area contributed by atoms with Crippen molar-refractivity contribution in [3.05, 3.63) is 65.5 Å². The average Bonchev–Trinajstić information content (AvgIpc) is 2.62. The minimum Gasteiger partial charge on any atom is -0.507 e. The summed E-state index contributed by atoms with van der Waals surface area (Å²) < 4.78 is 13.1. The van der Waals surface area contributed by atoms with Crippen molar-refractivity contribution in [2.45, 2.75) is 0 Å². The Labute approximate surface area is 147 Å². The van der Waals surface area contributed by atoms with Gasteiger partial charge in [0.05, 0.1) is 5.69 Å². The molecule has 0 spiro atoms. The van der Waals surface area contributed by atoms with E-state index in [9.17, 15) is 24.7 Å². The molecule has 6 nitrogen and oxygen atoms in total. The number of carboxylic acid groups (broad SMARTS) is 1. The number of aromatic hydroxyl groups is 1. The highest BCUT2D eigenvalue weighted by Gasteiger charge is 2.17. The molecule has 128 valence electrons. The third-order valence-electron chi connectivity index (χ3n) is 3.84. The van der Waals surface area contributed by atoms with Crippen LogP contribution >= 0.6 is 0 Å². The van der Waals surface area contributed by atoms with E-state index in [4.69, 9.17) is 5.73 Å². The van der Waals surface area contributed by atoms with Gasteiger partial charge in [0.2, 0.25) is 0 Å². The van der Waals surface area contributed by atoms with Crippen LogP contribution in [0.2, 0.25) is 0 Å². The molecule has 0 fully saturated rings. The summed E-state index contributed by atoms with van der Waals surface area (Å²) in [5.41, 5.74) is 7.41. The van der Waals surface area contributed by atoms with Crippen molar-refractivity contribution >= 4 is 11.8 Å². The van der Waals surface area contributed by atoms with Gasteiger partial charge in [-0.2, -0.15) is 5.26 Å². The standard InChI is InChI=1S/C19H12FN3O3/c20-12-4-1-10(2-5-12)16-8-13(15(9-21)18(22)23-16)11-3-6-17(24)14(7-11)19(25)26/h1-8,24H,(H2,22,23)(H,25,26). The Morgan fingerprint density at radius 2 is 1.77 bits per heavy atom. The van der Waals surface area contributed by atoms with Crippen molar-refractivity contribution in [1.29, 1.82) is 5.26 Å². The molecular formula is C19H12FN3O3. The Morgan fingerprint density at radius 1 is 1.12 bits per heavy atom. The van der Waals surface area contributed by atoms with Gasteiger partial charge in [0.1, 0.15) is 34.6 Å². The lowest BCUT2D eigenvalue weighted by molar-refractivity contribution is 0.0694. The number of nitrogens with two attached hydrogens (primary N) is 1. The molecule has 7 heteroatoms. The van der Waals surface area contributed by atoms with Crippen LogP contribution in [0.15, 0.2) is 48.5 Å². The number of carbonyl (C=O) groups is 1. The zero-order chi connectivity index (χ0) is 18.8. The first-order chi connectivity index (χ1) is 12.4. The zero-order valence-electron chi connectivity index (χ0n) is 13.3. The van der Waals surface area contributed by atoms with Crippen molar-refractivity contribution in [3.63, 3.8) is 0 Å². The van der Waals surface area contributed by atoms with Crippen LogP contribution in [0.1, 0.15) is 15.9 Å². The second-order valence-corrected chi connectivity index (χ2v) is 5.47. The number of nitrogen functional groups attached to an aromatic ring is 1. The molecule has 0 unspecified atom stereocenters. The smallest absolute Gasteiger partial charge is 0.339 e. The number of hydrogen-bond donors (Lipinski definition) is 3. The summed E-state index contributed by atoms with van der Waals surface area (Å²) in [5.74, 6) is -2.13. The number of anilines is 1. The van der Waals surface area contributed by atoms with Gasteiger partial charge in [-0.1, -0.05) is 6.07 Å². The lowest BCUT2D eigenvalue weighted by Crippen LogP contribution is -2.01. The van der Waals surface area contributed by atoms with Gasteiger partial charge in [-0.3, -0.25) is 0 Å². The van der Waals surface area contributed by atoms with Gasteiger partial charge in [-0.25, -0.2) is 14.2 Å². The molecule has 1 aromatic heterocycles. The Balaban J connectivity index is 2.23. The van der Waals surface area contributed by atoms with E-state index >= 15 is 0 Å². The number of aromatic nitrogens is 1. The minimum atomic E-state index is -1.30. The quantitative estimate of drug-likeness (QED) is 0.666. The van der Waals surface area contributed by atoms with Gasteiger partial charge in [0, 0.05) is 11.1 Å². The van der Waals surface area contributed by atoms with Crippen LogP contribution in [0, 0.1) is 17.1 Å². The van der Waals surface area contributed by atoms with E-state index in [1.54, 1.807) is 6.07 Å². The number of carboxylic acids is 1. The molecule has 3 rings (SSSR count). The van der Waals surface area contributed by atoms with Crippen molar-refractivity contribution in [3.8, 4) is 34.2 Å². The van der Waals surface area contributed by atoms with Crippen LogP contribution in [0.5, 0.6) is 5.75 Å². The van der Waals surface area contributed by atoms with E-state index in [0.29, 0.717) is 22.4 Å². The zero-order valence-corrected chi connectivity index (χ0v) is 13.3. The number of phenols is 1. The highest BCUT2D eigenvalue weighted by atomic mass is 19.1. The first-order valence-electron chi connectivity index (χ1n) is 7.44. The lowest BCUT2D eigenvalue weighted by Gasteiger charge is -2.11. The van der Waals surface area contributed by atoms with Crippen molar-refractivity contribution in [2.75, 3.05) is 5.73 Å². The highest BCUT2D eigenvalue weighted by Crippen LogP contribution is 2.33. The van der Waals surface area contributed by atoms with Crippen LogP contribution in [0.3, 0.4) is 0 Å². The Morgan fingerprint density at radius 3 is 2.38 bits per heavy atom. The van der Waals surface area contributed by atoms with Crippen molar-refractivity contribution < 1.29 is 19.4 Å². The molecule has 2 aromatic carbocycles. The summed E-state index contributed by atoms with van der Waals surface area (Å²) >= 11 is 0. The van der Waals surface area contributed by atoms with E-state index in [-0.39, 0.29) is 22.7 Å². The molecule has 0 atom stereocenters. The third-order valence-corrected chi connectivity index (χ3v) is 3.84.